The van der Waals surface area contributed by atoms with Crippen LogP contribution < -0.4 is 5.32 Å². The molecule has 1 aliphatic rings. The van der Waals surface area contributed by atoms with Crippen molar-refractivity contribution in [2.45, 2.75) is 18.9 Å². The van der Waals surface area contributed by atoms with Crippen molar-refractivity contribution in [3.63, 3.8) is 0 Å². The van der Waals surface area contributed by atoms with Crippen molar-refractivity contribution >= 4 is 11.9 Å². The average molecular weight is 339 g/mol. The lowest BCUT2D eigenvalue weighted by Gasteiger charge is -2.17. The van der Waals surface area contributed by atoms with Gasteiger partial charge in [-0.1, -0.05) is 54.6 Å². The van der Waals surface area contributed by atoms with Gasteiger partial charge in [0.15, 0.2) is 0 Å². The van der Waals surface area contributed by atoms with E-state index >= 15 is 0 Å². The Labute approximate surface area is 146 Å². The molecule has 1 saturated heterocycles. The first-order chi connectivity index (χ1) is 12.1. The zero-order valence-electron chi connectivity index (χ0n) is 13.9. The second-order valence-electron chi connectivity index (χ2n) is 6.23. The molecule has 5 heteroatoms. The highest BCUT2D eigenvalue weighted by molar-refractivity contribution is 5.85. The molecule has 1 fully saturated rings. The summed E-state index contributed by atoms with van der Waals surface area (Å²) >= 11 is 0. The standard InChI is InChI=1S/C20H21NO4/c22-19(17-10-11-25-13-17)21-18(20(23)24)12-14-6-8-16(9-7-14)15-4-2-1-3-5-15/h1-9,17-18H,10-13H2,(H,21,22)(H,23,24)/t17-,18+/m1/s1. The third kappa shape index (κ3) is 4.45. The Balaban J connectivity index is 1.65. The number of nitrogens with one attached hydrogen (secondary N) is 1. The molecule has 2 aromatic carbocycles. The number of carboxylic acids is 1. The van der Waals surface area contributed by atoms with Crippen LogP contribution in [0.2, 0.25) is 0 Å². The fourth-order valence-electron chi connectivity index (χ4n) is 2.93. The summed E-state index contributed by atoms with van der Waals surface area (Å²) in [6.07, 6.45) is 0.896. The van der Waals surface area contributed by atoms with Crippen molar-refractivity contribution in [3.05, 3.63) is 60.2 Å². The quantitative estimate of drug-likeness (QED) is 0.848. The molecule has 0 bridgehead atoms. The van der Waals surface area contributed by atoms with Crippen LogP contribution in [-0.2, 0) is 20.7 Å². The molecule has 0 aromatic heterocycles. The van der Waals surface area contributed by atoms with Crippen molar-refractivity contribution in [1.29, 1.82) is 0 Å². The molecular weight excluding hydrogens is 318 g/mol. The lowest BCUT2D eigenvalue weighted by molar-refractivity contribution is -0.142. The minimum atomic E-state index is -1.03. The fourth-order valence-corrected chi connectivity index (χ4v) is 2.93. The van der Waals surface area contributed by atoms with Gasteiger partial charge in [-0.05, 0) is 23.1 Å². The maximum absolute atomic E-state index is 12.1. The van der Waals surface area contributed by atoms with E-state index in [9.17, 15) is 14.7 Å². The van der Waals surface area contributed by atoms with Gasteiger partial charge in [-0.15, -0.1) is 0 Å². The summed E-state index contributed by atoms with van der Waals surface area (Å²) in [5.74, 6) is -1.52. The number of carbonyl (C=O) groups excluding carboxylic acids is 1. The van der Waals surface area contributed by atoms with E-state index < -0.39 is 12.0 Å². The van der Waals surface area contributed by atoms with Gasteiger partial charge in [-0.25, -0.2) is 4.79 Å². The fraction of sp³-hybridized carbons (Fsp3) is 0.300. The van der Waals surface area contributed by atoms with E-state index in [4.69, 9.17) is 4.74 Å². The molecule has 5 nitrogen and oxygen atoms in total. The van der Waals surface area contributed by atoms with Crippen molar-refractivity contribution in [2.24, 2.45) is 5.92 Å². The van der Waals surface area contributed by atoms with Gasteiger partial charge in [0.1, 0.15) is 6.04 Å². The second-order valence-corrected chi connectivity index (χ2v) is 6.23. The summed E-state index contributed by atoms with van der Waals surface area (Å²) in [4.78, 5) is 23.6. The molecule has 3 rings (SSSR count). The Bertz CT molecular complexity index is 721. The third-order valence-corrected chi connectivity index (χ3v) is 4.42. The zero-order chi connectivity index (χ0) is 17.6. The first-order valence-electron chi connectivity index (χ1n) is 8.39. The molecule has 1 heterocycles. The Morgan fingerprint density at radius 2 is 1.76 bits per heavy atom. The predicted octanol–water partition coefficient (Wildman–Crippen LogP) is 2.50. The van der Waals surface area contributed by atoms with Crippen LogP contribution >= 0.6 is 0 Å². The van der Waals surface area contributed by atoms with E-state index in [1.807, 2.05) is 54.6 Å². The summed E-state index contributed by atoms with van der Waals surface area (Å²) in [5, 5.41) is 12.0. The lowest BCUT2D eigenvalue weighted by Crippen LogP contribution is -2.45. The molecule has 2 N–H and O–H groups in total. The molecule has 2 aromatic rings. The van der Waals surface area contributed by atoms with Gasteiger partial charge in [0.25, 0.3) is 0 Å². The molecular formula is C20H21NO4. The number of carboxylic acid groups (broad SMARTS) is 1. The molecule has 0 aliphatic carbocycles. The van der Waals surface area contributed by atoms with Gasteiger partial charge in [-0.3, -0.25) is 4.79 Å². The average Bonchev–Trinajstić information content (AvgIpc) is 3.17. The predicted molar refractivity (Wildman–Crippen MR) is 94.1 cm³/mol. The Morgan fingerprint density at radius 1 is 1.08 bits per heavy atom. The van der Waals surface area contributed by atoms with Crippen LogP contribution in [0.5, 0.6) is 0 Å². The molecule has 2 atom stereocenters. The highest BCUT2D eigenvalue weighted by Crippen LogP contribution is 2.20. The van der Waals surface area contributed by atoms with Crippen LogP contribution in [0, 0.1) is 5.92 Å². The van der Waals surface area contributed by atoms with Crippen molar-refractivity contribution in [2.75, 3.05) is 13.2 Å². The number of carbonyl (C=O) groups is 2. The van der Waals surface area contributed by atoms with Gasteiger partial charge in [0.05, 0.1) is 12.5 Å². The van der Waals surface area contributed by atoms with E-state index in [2.05, 4.69) is 5.32 Å². The minimum absolute atomic E-state index is 0.245. The highest BCUT2D eigenvalue weighted by Gasteiger charge is 2.28. The molecule has 1 aliphatic heterocycles. The molecule has 1 amide bonds. The Morgan fingerprint density at radius 3 is 2.36 bits per heavy atom. The summed E-state index contributed by atoms with van der Waals surface area (Å²) in [5.41, 5.74) is 3.05. The number of amides is 1. The summed E-state index contributed by atoms with van der Waals surface area (Å²) in [6.45, 7) is 0.917. The van der Waals surface area contributed by atoms with Crippen molar-refractivity contribution in [3.8, 4) is 11.1 Å². The van der Waals surface area contributed by atoms with Crippen molar-refractivity contribution < 1.29 is 19.4 Å². The maximum atomic E-state index is 12.1. The molecule has 0 spiro atoms. The number of ether oxygens (including phenoxy) is 1. The summed E-state index contributed by atoms with van der Waals surface area (Å²) < 4.78 is 5.19. The first kappa shape index (κ1) is 17.2. The van der Waals surface area contributed by atoms with Crippen LogP contribution in [-0.4, -0.2) is 36.2 Å². The highest BCUT2D eigenvalue weighted by atomic mass is 16.5. The van der Waals surface area contributed by atoms with Gasteiger partial charge in [-0.2, -0.15) is 0 Å². The molecule has 0 saturated carbocycles. The van der Waals surface area contributed by atoms with Gasteiger partial charge in [0.2, 0.25) is 5.91 Å². The van der Waals surface area contributed by atoms with E-state index in [1.54, 1.807) is 0 Å². The molecule has 25 heavy (non-hydrogen) atoms. The van der Waals surface area contributed by atoms with E-state index in [0.29, 0.717) is 19.6 Å². The van der Waals surface area contributed by atoms with Crippen molar-refractivity contribution in [1.82, 2.24) is 5.32 Å². The van der Waals surface area contributed by atoms with Crippen LogP contribution in [0.1, 0.15) is 12.0 Å². The van der Waals surface area contributed by atoms with E-state index in [0.717, 1.165) is 16.7 Å². The van der Waals surface area contributed by atoms with Gasteiger partial charge in [0, 0.05) is 13.0 Å². The Kier molecular flexibility index (Phi) is 5.46. The number of benzene rings is 2. The number of hydrogen-bond acceptors (Lipinski definition) is 3. The van der Waals surface area contributed by atoms with Crippen LogP contribution in [0.4, 0.5) is 0 Å². The van der Waals surface area contributed by atoms with E-state index in [-0.39, 0.29) is 18.2 Å². The smallest absolute Gasteiger partial charge is 0.326 e. The molecule has 0 unspecified atom stereocenters. The SMILES string of the molecule is O=C(N[C@@H](Cc1ccc(-c2ccccc2)cc1)C(=O)O)[C@@H]1CCOC1. The van der Waals surface area contributed by atoms with Gasteiger partial charge >= 0.3 is 5.97 Å². The molecule has 130 valence electrons. The monoisotopic (exact) mass is 339 g/mol. The normalized spacial score (nSPS) is 17.8. The topological polar surface area (TPSA) is 75.6 Å². The summed E-state index contributed by atoms with van der Waals surface area (Å²) in [6, 6.07) is 16.8. The van der Waals surface area contributed by atoms with Crippen LogP contribution in [0.15, 0.2) is 54.6 Å². The maximum Gasteiger partial charge on any atom is 0.326 e. The number of rotatable bonds is 6. The third-order valence-electron chi connectivity index (χ3n) is 4.42. The lowest BCUT2D eigenvalue weighted by atomic mass is 10.00. The number of hydrogen-bond donors (Lipinski definition) is 2. The molecule has 0 radical (unpaired) electrons. The first-order valence-corrected chi connectivity index (χ1v) is 8.39. The van der Waals surface area contributed by atoms with E-state index in [1.165, 1.54) is 0 Å². The minimum Gasteiger partial charge on any atom is -0.480 e. The largest absolute Gasteiger partial charge is 0.480 e. The summed E-state index contributed by atoms with van der Waals surface area (Å²) in [7, 11) is 0. The van der Waals surface area contributed by atoms with Crippen LogP contribution in [0.3, 0.4) is 0 Å². The van der Waals surface area contributed by atoms with Crippen LogP contribution in [0.25, 0.3) is 11.1 Å². The number of aliphatic carboxylic acids is 1. The zero-order valence-corrected chi connectivity index (χ0v) is 13.9. The van der Waals surface area contributed by atoms with Gasteiger partial charge < -0.3 is 15.2 Å². The second kappa shape index (κ2) is 7.94. The Hall–Kier alpha value is -2.66.